The van der Waals surface area contributed by atoms with Crippen LogP contribution in [-0.4, -0.2) is 61.6 Å². The number of morpholine rings is 1. The maximum absolute atomic E-state index is 12.4. The Hall–Kier alpha value is -1.65. The van der Waals surface area contributed by atoms with Crippen LogP contribution in [0.5, 0.6) is 0 Å². The third-order valence-corrected chi connectivity index (χ3v) is 4.99. The van der Waals surface area contributed by atoms with Crippen molar-refractivity contribution in [2.45, 2.75) is 19.8 Å². The van der Waals surface area contributed by atoms with Crippen LogP contribution < -0.4 is 0 Å². The summed E-state index contributed by atoms with van der Waals surface area (Å²) in [4.78, 5) is 16.6. The zero-order valence-corrected chi connectivity index (χ0v) is 14.6. The highest BCUT2D eigenvalue weighted by Gasteiger charge is 2.23. The maximum atomic E-state index is 12.4. The summed E-state index contributed by atoms with van der Waals surface area (Å²) >= 11 is 0. The van der Waals surface area contributed by atoms with E-state index in [0.717, 1.165) is 52.2 Å². The van der Waals surface area contributed by atoms with Crippen molar-refractivity contribution in [1.29, 1.82) is 0 Å². The van der Waals surface area contributed by atoms with Gasteiger partial charge >= 0.3 is 0 Å². The van der Waals surface area contributed by atoms with Crippen LogP contribution in [0.3, 0.4) is 0 Å². The van der Waals surface area contributed by atoms with Crippen LogP contribution in [0.25, 0.3) is 6.08 Å². The van der Waals surface area contributed by atoms with Crippen molar-refractivity contribution >= 4 is 12.0 Å². The molecule has 4 heteroatoms. The van der Waals surface area contributed by atoms with Crippen molar-refractivity contribution in [3.8, 4) is 0 Å². The lowest BCUT2D eigenvalue weighted by Gasteiger charge is -2.33. The van der Waals surface area contributed by atoms with Gasteiger partial charge in [0, 0.05) is 26.2 Å². The second-order valence-electron chi connectivity index (χ2n) is 6.88. The third kappa shape index (κ3) is 4.92. The fourth-order valence-corrected chi connectivity index (χ4v) is 3.32. The van der Waals surface area contributed by atoms with Crippen molar-refractivity contribution in [3.05, 3.63) is 41.5 Å². The summed E-state index contributed by atoms with van der Waals surface area (Å²) in [5.41, 5.74) is 2.55. The van der Waals surface area contributed by atoms with Crippen LogP contribution in [0.2, 0.25) is 0 Å². The SMILES string of the molecule is Cc1ccc(/C=C/C2CCN(C(=O)CN3CCOCC3)CC2)cc1. The van der Waals surface area contributed by atoms with Gasteiger partial charge in [-0.3, -0.25) is 9.69 Å². The number of carbonyl (C=O) groups excluding carboxylic acids is 1. The first-order valence-electron chi connectivity index (χ1n) is 9.03. The molecule has 2 saturated heterocycles. The Labute approximate surface area is 145 Å². The largest absolute Gasteiger partial charge is 0.379 e. The molecule has 1 aromatic carbocycles. The molecule has 130 valence electrons. The topological polar surface area (TPSA) is 32.8 Å². The standard InChI is InChI=1S/C20H28N2O2/c1-17-2-4-18(5-3-17)6-7-19-8-10-22(11-9-19)20(23)16-21-12-14-24-15-13-21/h2-7,19H,8-16H2,1H3/b7-6+. The number of aryl methyl sites for hydroxylation is 1. The number of benzene rings is 1. The van der Waals surface area contributed by atoms with Gasteiger partial charge < -0.3 is 9.64 Å². The number of piperidine rings is 1. The van der Waals surface area contributed by atoms with Crippen molar-refractivity contribution < 1.29 is 9.53 Å². The Bertz CT molecular complexity index is 554. The molecule has 0 atom stereocenters. The van der Waals surface area contributed by atoms with Crippen molar-refractivity contribution in [2.24, 2.45) is 5.92 Å². The molecule has 2 aliphatic heterocycles. The smallest absolute Gasteiger partial charge is 0.236 e. The number of ether oxygens (including phenoxy) is 1. The molecule has 4 nitrogen and oxygen atoms in total. The van der Waals surface area contributed by atoms with Gasteiger partial charge in [-0.05, 0) is 31.2 Å². The molecule has 0 spiro atoms. The molecular formula is C20H28N2O2. The fraction of sp³-hybridized carbons (Fsp3) is 0.550. The summed E-state index contributed by atoms with van der Waals surface area (Å²) < 4.78 is 5.34. The minimum absolute atomic E-state index is 0.276. The minimum atomic E-state index is 0.276. The van der Waals surface area contributed by atoms with E-state index in [2.05, 4.69) is 48.2 Å². The maximum Gasteiger partial charge on any atom is 0.236 e. The summed E-state index contributed by atoms with van der Waals surface area (Å²) in [6.45, 7) is 7.67. The highest BCUT2D eigenvalue weighted by molar-refractivity contribution is 5.78. The van der Waals surface area contributed by atoms with E-state index in [4.69, 9.17) is 4.74 Å². The molecule has 0 aromatic heterocycles. The van der Waals surface area contributed by atoms with E-state index in [9.17, 15) is 4.79 Å². The van der Waals surface area contributed by atoms with Crippen LogP contribution >= 0.6 is 0 Å². The molecule has 0 unspecified atom stereocenters. The molecule has 1 amide bonds. The van der Waals surface area contributed by atoms with Gasteiger partial charge in [-0.25, -0.2) is 0 Å². The number of amides is 1. The number of rotatable bonds is 4. The number of nitrogens with zero attached hydrogens (tertiary/aromatic N) is 2. The Morgan fingerprint density at radius 2 is 1.79 bits per heavy atom. The first kappa shape index (κ1) is 17.2. The molecule has 0 bridgehead atoms. The monoisotopic (exact) mass is 328 g/mol. The molecule has 0 saturated carbocycles. The second-order valence-corrected chi connectivity index (χ2v) is 6.88. The van der Waals surface area contributed by atoms with E-state index in [0.29, 0.717) is 12.5 Å². The molecule has 24 heavy (non-hydrogen) atoms. The highest BCUT2D eigenvalue weighted by Crippen LogP contribution is 2.20. The molecule has 0 N–H and O–H groups in total. The molecule has 2 heterocycles. The Morgan fingerprint density at radius 3 is 2.46 bits per heavy atom. The second kappa shape index (κ2) is 8.45. The van der Waals surface area contributed by atoms with Crippen LogP contribution in [0.4, 0.5) is 0 Å². The van der Waals surface area contributed by atoms with Crippen molar-refractivity contribution in [1.82, 2.24) is 9.80 Å². The average molecular weight is 328 g/mol. The number of hydrogen-bond donors (Lipinski definition) is 0. The van der Waals surface area contributed by atoms with Gasteiger partial charge in [-0.1, -0.05) is 42.0 Å². The van der Waals surface area contributed by atoms with Crippen LogP contribution in [0.15, 0.2) is 30.3 Å². The zero-order valence-electron chi connectivity index (χ0n) is 14.6. The van der Waals surface area contributed by atoms with Gasteiger partial charge in [-0.15, -0.1) is 0 Å². The first-order valence-corrected chi connectivity index (χ1v) is 9.03. The van der Waals surface area contributed by atoms with Gasteiger partial charge in [0.1, 0.15) is 0 Å². The zero-order chi connectivity index (χ0) is 16.8. The van der Waals surface area contributed by atoms with Crippen LogP contribution in [0.1, 0.15) is 24.0 Å². The van der Waals surface area contributed by atoms with E-state index in [1.165, 1.54) is 11.1 Å². The predicted octanol–water partition coefficient (Wildman–Crippen LogP) is 2.58. The average Bonchev–Trinajstić information content (AvgIpc) is 2.62. The first-order chi connectivity index (χ1) is 11.7. The normalized spacial score (nSPS) is 20.6. The summed E-state index contributed by atoms with van der Waals surface area (Å²) in [6, 6.07) is 8.61. The van der Waals surface area contributed by atoms with Gasteiger partial charge in [0.2, 0.25) is 5.91 Å². The van der Waals surface area contributed by atoms with Crippen LogP contribution in [-0.2, 0) is 9.53 Å². The summed E-state index contributed by atoms with van der Waals surface area (Å²) in [5.74, 6) is 0.858. The molecule has 1 aromatic rings. The molecule has 2 fully saturated rings. The Balaban J connectivity index is 1.43. The van der Waals surface area contributed by atoms with Gasteiger partial charge in [-0.2, -0.15) is 0 Å². The van der Waals surface area contributed by atoms with E-state index >= 15 is 0 Å². The van der Waals surface area contributed by atoms with E-state index in [-0.39, 0.29) is 5.91 Å². The predicted molar refractivity (Wildman–Crippen MR) is 96.8 cm³/mol. The molecule has 0 aliphatic carbocycles. The number of hydrogen-bond acceptors (Lipinski definition) is 3. The van der Waals surface area contributed by atoms with Gasteiger partial charge in [0.25, 0.3) is 0 Å². The lowest BCUT2D eigenvalue weighted by Crippen LogP contribution is -2.46. The molecular weight excluding hydrogens is 300 g/mol. The van der Waals surface area contributed by atoms with E-state index in [1.807, 2.05) is 4.90 Å². The van der Waals surface area contributed by atoms with Gasteiger partial charge in [0.15, 0.2) is 0 Å². The molecule has 3 rings (SSSR count). The molecule has 2 aliphatic rings. The number of likely N-dealkylation sites (tertiary alicyclic amines) is 1. The molecule has 0 radical (unpaired) electrons. The lowest BCUT2D eigenvalue weighted by molar-refractivity contribution is -0.134. The summed E-state index contributed by atoms with van der Waals surface area (Å²) in [6.07, 6.45) is 6.66. The van der Waals surface area contributed by atoms with Gasteiger partial charge in [0.05, 0.1) is 19.8 Å². The Morgan fingerprint density at radius 1 is 1.12 bits per heavy atom. The third-order valence-electron chi connectivity index (χ3n) is 4.99. The van der Waals surface area contributed by atoms with Crippen molar-refractivity contribution in [2.75, 3.05) is 45.9 Å². The quantitative estimate of drug-likeness (QED) is 0.852. The lowest BCUT2D eigenvalue weighted by atomic mass is 9.95. The van der Waals surface area contributed by atoms with E-state index in [1.54, 1.807) is 0 Å². The summed E-state index contributed by atoms with van der Waals surface area (Å²) in [5, 5.41) is 0. The Kier molecular flexibility index (Phi) is 6.05. The van der Waals surface area contributed by atoms with E-state index < -0.39 is 0 Å². The highest BCUT2D eigenvalue weighted by atomic mass is 16.5. The van der Waals surface area contributed by atoms with Crippen molar-refractivity contribution in [3.63, 3.8) is 0 Å². The summed E-state index contributed by atoms with van der Waals surface area (Å²) in [7, 11) is 0. The fourth-order valence-electron chi connectivity index (χ4n) is 3.32. The van der Waals surface area contributed by atoms with Crippen LogP contribution in [0, 0.1) is 12.8 Å². The number of allylic oxidation sites excluding steroid dienone is 1. The number of carbonyl (C=O) groups is 1. The minimum Gasteiger partial charge on any atom is -0.379 e.